The van der Waals surface area contributed by atoms with Crippen molar-refractivity contribution in [3.05, 3.63) is 46.4 Å². The number of amides is 1. The van der Waals surface area contributed by atoms with Gasteiger partial charge in [0.25, 0.3) is 0 Å². The van der Waals surface area contributed by atoms with Crippen LogP contribution in [0.1, 0.15) is 23.2 Å². The number of benzene rings is 1. The van der Waals surface area contributed by atoms with Gasteiger partial charge in [0, 0.05) is 11.8 Å². The smallest absolute Gasteiger partial charge is 0.248 e. The molecule has 3 rings (SSSR count). The number of allylic oxidation sites excluding steroid dienone is 3. The van der Waals surface area contributed by atoms with E-state index in [0.29, 0.717) is 12.0 Å². The number of carbonyl (C=O) groups excluding carboxylic acids is 1. The highest BCUT2D eigenvalue weighted by Crippen LogP contribution is 2.36. The Morgan fingerprint density at radius 3 is 2.76 bits per heavy atom. The molecular weight excluding hydrogens is 312 g/mol. The number of hydrogen-bond donors (Lipinski definition) is 1. The third kappa shape index (κ3) is 2.52. The number of rotatable bonds is 1. The number of carbonyl (C=O) groups is 1. The van der Waals surface area contributed by atoms with Crippen LogP contribution < -0.4 is 5.73 Å². The fourth-order valence-electron chi connectivity index (χ4n) is 2.31. The maximum atomic E-state index is 12.6. The molecular formula is C14H13ClN2O3S. The van der Waals surface area contributed by atoms with Gasteiger partial charge in [-0.3, -0.25) is 9.79 Å². The Balaban J connectivity index is 0.00000161. The van der Waals surface area contributed by atoms with Crippen molar-refractivity contribution in [3.8, 4) is 0 Å². The minimum Gasteiger partial charge on any atom is -0.366 e. The number of primary amides is 1. The molecule has 1 amide bonds. The van der Waals surface area contributed by atoms with Crippen LogP contribution in [0.2, 0.25) is 0 Å². The van der Waals surface area contributed by atoms with Gasteiger partial charge in [0.05, 0.1) is 15.5 Å². The lowest BCUT2D eigenvalue weighted by Crippen LogP contribution is -2.12. The molecule has 2 N–H and O–H groups in total. The molecule has 0 fully saturated rings. The molecule has 1 aliphatic heterocycles. The average Bonchev–Trinajstić information content (AvgIpc) is 2.55. The van der Waals surface area contributed by atoms with Crippen LogP contribution in [0, 0.1) is 0 Å². The fourth-order valence-corrected chi connectivity index (χ4v) is 3.96. The topological polar surface area (TPSA) is 89.6 Å². The van der Waals surface area contributed by atoms with Crippen molar-refractivity contribution >= 4 is 40.1 Å². The van der Waals surface area contributed by atoms with E-state index < -0.39 is 15.7 Å². The lowest BCUT2D eigenvalue weighted by atomic mass is 10.1. The van der Waals surface area contributed by atoms with E-state index in [1.54, 1.807) is 12.3 Å². The van der Waals surface area contributed by atoms with Crippen LogP contribution in [0.3, 0.4) is 0 Å². The molecule has 0 bridgehead atoms. The molecule has 5 nitrogen and oxygen atoms in total. The molecule has 7 heteroatoms. The van der Waals surface area contributed by atoms with Crippen molar-refractivity contribution < 1.29 is 13.2 Å². The highest BCUT2D eigenvalue weighted by atomic mass is 35.5. The van der Waals surface area contributed by atoms with Gasteiger partial charge in [0.15, 0.2) is 0 Å². The average molecular weight is 325 g/mol. The molecule has 1 aliphatic carbocycles. The lowest BCUT2D eigenvalue weighted by molar-refractivity contribution is 0.1000. The van der Waals surface area contributed by atoms with Gasteiger partial charge in [-0.2, -0.15) is 0 Å². The minimum absolute atomic E-state index is 0. The van der Waals surface area contributed by atoms with Crippen molar-refractivity contribution in [1.82, 2.24) is 0 Å². The van der Waals surface area contributed by atoms with Crippen LogP contribution in [-0.4, -0.2) is 20.5 Å². The van der Waals surface area contributed by atoms with Gasteiger partial charge in [-0.05, 0) is 42.7 Å². The molecule has 1 aromatic carbocycles. The van der Waals surface area contributed by atoms with Crippen molar-refractivity contribution in [2.24, 2.45) is 10.7 Å². The standard InChI is InChI=1S/C14H12N2O3S.ClH/c15-14(17)9-5-6-13-11(7-9)16-8-10-3-1-2-4-12(10)20(13,18)19;/h2,4-8H,1,3H2,(H2,15,17);1H. The predicted octanol–water partition coefficient (Wildman–Crippen LogP) is 2.30. The van der Waals surface area contributed by atoms with E-state index >= 15 is 0 Å². The van der Waals surface area contributed by atoms with Crippen LogP contribution in [0.4, 0.5) is 5.69 Å². The monoisotopic (exact) mass is 324 g/mol. The molecule has 0 aromatic heterocycles. The molecule has 110 valence electrons. The third-order valence-corrected chi connectivity index (χ3v) is 5.25. The van der Waals surface area contributed by atoms with E-state index in [1.807, 2.05) is 6.08 Å². The summed E-state index contributed by atoms with van der Waals surface area (Å²) >= 11 is 0. The number of sulfone groups is 1. The summed E-state index contributed by atoms with van der Waals surface area (Å²) in [6.45, 7) is 0. The minimum atomic E-state index is -3.61. The van der Waals surface area contributed by atoms with Crippen molar-refractivity contribution in [2.75, 3.05) is 0 Å². The summed E-state index contributed by atoms with van der Waals surface area (Å²) in [7, 11) is -3.61. The largest absolute Gasteiger partial charge is 0.366 e. The molecule has 1 heterocycles. The van der Waals surface area contributed by atoms with Gasteiger partial charge in [-0.1, -0.05) is 6.08 Å². The van der Waals surface area contributed by atoms with E-state index in [9.17, 15) is 13.2 Å². The highest BCUT2D eigenvalue weighted by molar-refractivity contribution is 7.95. The Morgan fingerprint density at radius 1 is 1.29 bits per heavy atom. The molecule has 0 saturated heterocycles. The quantitative estimate of drug-likeness (QED) is 0.859. The third-order valence-electron chi connectivity index (χ3n) is 3.35. The Labute approximate surface area is 128 Å². The maximum absolute atomic E-state index is 12.6. The Bertz CT molecular complexity index is 808. The molecule has 0 unspecified atom stereocenters. The van der Waals surface area contributed by atoms with Crippen molar-refractivity contribution in [2.45, 2.75) is 17.7 Å². The van der Waals surface area contributed by atoms with Gasteiger partial charge in [-0.15, -0.1) is 12.4 Å². The van der Waals surface area contributed by atoms with Gasteiger partial charge in [0.1, 0.15) is 0 Å². The lowest BCUT2D eigenvalue weighted by Gasteiger charge is -2.11. The summed E-state index contributed by atoms with van der Waals surface area (Å²) in [6, 6.07) is 4.21. The molecule has 0 radical (unpaired) electrons. The van der Waals surface area contributed by atoms with E-state index in [1.165, 1.54) is 18.2 Å². The SMILES string of the molecule is Cl.NC(=O)c1ccc2c(c1)N=CC1=C(C=CCC1)S2(=O)=O. The molecule has 21 heavy (non-hydrogen) atoms. The Morgan fingerprint density at radius 2 is 2.05 bits per heavy atom. The van der Waals surface area contributed by atoms with E-state index in [0.717, 1.165) is 6.42 Å². The first kappa shape index (κ1) is 15.5. The normalized spacial score (nSPS) is 18.3. The number of halogens is 1. The molecule has 0 spiro atoms. The van der Waals surface area contributed by atoms with E-state index in [-0.39, 0.29) is 33.5 Å². The maximum Gasteiger partial charge on any atom is 0.248 e. The number of hydrogen-bond acceptors (Lipinski definition) is 4. The van der Waals surface area contributed by atoms with Gasteiger partial charge >= 0.3 is 0 Å². The molecule has 1 aromatic rings. The second kappa shape index (κ2) is 5.46. The number of nitrogens with two attached hydrogens (primary N) is 1. The second-order valence-corrected chi connectivity index (χ2v) is 6.53. The van der Waals surface area contributed by atoms with E-state index in [2.05, 4.69) is 4.99 Å². The van der Waals surface area contributed by atoms with Crippen LogP contribution in [0.25, 0.3) is 0 Å². The van der Waals surface area contributed by atoms with Crippen LogP contribution in [0.5, 0.6) is 0 Å². The van der Waals surface area contributed by atoms with Crippen molar-refractivity contribution in [1.29, 1.82) is 0 Å². The zero-order valence-electron chi connectivity index (χ0n) is 10.9. The number of fused-ring (bicyclic) bond motifs is 1. The zero-order chi connectivity index (χ0) is 14.3. The summed E-state index contributed by atoms with van der Waals surface area (Å²) in [4.78, 5) is 15.8. The first-order chi connectivity index (χ1) is 9.50. The molecule has 0 atom stereocenters. The summed E-state index contributed by atoms with van der Waals surface area (Å²) in [5.41, 5.74) is 6.40. The van der Waals surface area contributed by atoms with Crippen LogP contribution in [-0.2, 0) is 9.84 Å². The Hall–Kier alpha value is -1.92. The number of nitrogens with zero attached hydrogens (tertiary/aromatic N) is 1. The second-order valence-electron chi connectivity index (χ2n) is 4.64. The van der Waals surface area contributed by atoms with Crippen LogP contribution >= 0.6 is 12.4 Å². The first-order valence-corrected chi connectivity index (χ1v) is 7.61. The summed E-state index contributed by atoms with van der Waals surface area (Å²) in [6.07, 6.45) is 6.46. The zero-order valence-corrected chi connectivity index (χ0v) is 12.6. The predicted molar refractivity (Wildman–Crippen MR) is 82.9 cm³/mol. The Kier molecular flexibility index (Phi) is 4.02. The molecule has 0 saturated carbocycles. The van der Waals surface area contributed by atoms with E-state index in [4.69, 9.17) is 5.73 Å². The van der Waals surface area contributed by atoms with Crippen LogP contribution in [0.15, 0.2) is 50.7 Å². The van der Waals surface area contributed by atoms with Gasteiger partial charge < -0.3 is 5.73 Å². The van der Waals surface area contributed by atoms with Gasteiger partial charge in [0.2, 0.25) is 15.7 Å². The highest BCUT2D eigenvalue weighted by Gasteiger charge is 2.28. The first-order valence-electron chi connectivity index (χ1n) is 6.13. The summed E-state index contributed by atoms with van der Waals surface area (Å²) in [5.74, 6) is -0.609. The van der Waals surface area contributed by atoms with Crippen molar-refractivity contribution in [3.63, 3.8) is 0 Å². The number of aliphatic imine (C=N–C) groups is 1. The fraction of sp³-hybridized carbons (Fsp3) is 0.143. The summed E-state index contributed by atoms with van der Waals surface area (Å²) in [5, 5.41) is 0. The molecule has 2 aliphatic rings. The summed E-state index contributed by atoms with van der Waals surface area (Å²) < 4.78 is 25.3. The van der Waals surface area contributed by atoms with Gasteiger partial charge in [-0.25, -0.2) is 8.42 Å².